The van der Waals surface area contributed by atoms with Crippen molar-refractivity contribution in [1.82, 2.24) is 10.6 Å². The van der Waals surface area contributed by atoms with Crippen molar-refractivity contribution in [2.24, 2.45) is 0 Å². The molecule has 1 heterocycles. The fourth-order valence-electron chi connectivity index (χ4n) is 1.64. The predicted octanol–water partition coefficient (Wildman–Crippen LogP) is 0.653. The number of hydrogen-bond acceptors (Lipinski definition) is 2. The standard InChI is InChI=1S/C9H18N2O/c1-3-10-9(12)8-6-4-5-7(2)11-8/h7-8,11H,3-6H2,1-2H3,(H,10,12)/t7-,8-/m0/s1. The molecule has 0 aliphatic carbocycles. The molecule has 12 heavy (non-hydrogen) atoms. The van der Waals surface area contributed by atoms with E-state index in [1.807, 2.05) is 6.92 Å². The highest BCUT2D eigenvalue weighted by molar-refractivity contribution is 5.81. The molecule has 0 aromatic carbocycles. The zero-order valence-electron chi connectivity index (χ0n) is 7.89. The monoisotopic (exact) mass is 170 g/mol. The highest BCUT2D eigenvalue weighted by Crippen LogP contribution is 2.11. The Morgan fingerprint density at radius 2 is 2.33 bits per heavy atom. The molecule has 0 saturated carbocycles. The van der Waals surface area contributed by atoms with Crippen LogP contribution in [0.1, 0.15) is 33.1 Å². The van der Waals surface area contributed by atoms with Crippen molar-refractivity contribution in [3.63, 3.8) is 0 Å². The second kappa shape index (κ2) is 4.45. The Labute approximate surface area is 73.9 Å². The van der Waals surface area contributed by atoms with Crippen molar-refractivity contribution in [3.8, 4) is 0 Å². The number of hydrogen-bond donors (Lipinski definition) is 2. The van der Waals surface area contributed by atoms with Crippen LogP contribution in [0.2, 0.25) is 0 Å². The van der Waals surface area contributed by atoms with Crippen LogP contribution in [0, 0.1) is 0 Å². The second-order valence-corrected chi connectivity index (χ2v) is 3.45. The van der Waals surface area contributed by atoms with Gasteiger partial charge in [-0.2, -0.15) is 0 Å². The van der Waals surface area contributed by atoms with Crippen LogP contribution in [0.4, 0.5) is 0 Å². The maximum Gasteiger partial charge on any atom is 0.237 e. The van der Waals surface area contributed by atoms with E-state index in [9.17, 15) is 4.79 Å². The van der Waals surface area contributed by atoms with Gasteiger partial charge >= 0.3 is 0 Å². The summed E-state index contributed by atoms with van der Waals surface area (Å²) in [6, 6.07) is 0.542. The molecule has 0 radical (unpaired) electrons. The Balaban J connectivity index is 2.35. The minimum Gasteiger partial charge on any atom is -0.355 e. The molecule has 1 amide bonds. The van der Waals surface area contributed by atoms with Crippen LogP contribution in [-0.4, -0.2) is 24.5 Å². The first-order chi connectivity index (χ1) is 5.74. The molecule has 2 N–H and O–H groups in total. The Kier molecular flexibility index (Phi) is 3.53. The van der Waals surface area contributed by atoms with Gasteiger partial charge in [0, 0.05) is 12.6 Å². The number of likely N-dealkylation sites (N-methyl/N-ethyl adjacent to an activating group) is 1. The predicted molar refractivity (Wildman–Crippen MR) is 48.9 cm³/mol. The highest BCUT2D eigenvalue weighted by Gasteiger charge is 2.23. The van der Waals surface area contributed by atoms with Gasteiger partial charge in [0.05, 0.1) is 6.04 Å². The lowest BCUT2D eigenvalue weighted by molar-refractivity contribution is -0.123. The molecule has 2 atom stereocenters. The number of amides is 1. The number of carbonyl (C=O) groups excluding carboxylic acids is 1. The Hall–Kier alpha value is -0.570. The lowest BCUT2D eigenvalue weighted by Gasteiger charge is -2.27. The van der Waals surface area contributed by atoms with E-state index in [0.717, 1.165) is 19.4 Å². The van der Waals surface area contributed by atoms with Crippen molar-refractivity contribution in [2.75, 3.05) is 6.54 Å². The summed E-state index contributed by atoms with van der Waals surface area (Å²) < 4.78 is 0. The van der Waals surface area contributed by atoms with Gasteiger partial charge in [-0.1, -0.05) is 0 Å². The molecule has 1 rings (SSSR count). The molecule has 0 spiro atoms. The molecule has 0 bridgehead atoms. The molecular weight excluding hydrogens is 152 g/mol. The summed E-state index contributed by atoms with van der Waals surface area (Å²) >= 11 is 0. The first-order valence-corrected chi connectivity index (χ1v) is 4.77. The van der Waals surface area contributed by atoms with Gasteiger partial charge in [0.1, 0.15) is 0 Å². The minimum atomic E-state index is 0.0497. The summed E-state index contributed by atoms with van der Waals surface area (Å²) in [4.78, 5) is 11.4. The van der Waals surface area contributed by atoms with E-state index in [1.165, 1.54) is 6.42 Å². The zero-order chi connectivity index (χ0) is 8.97. The van der Waals surface area contributed by atoms with Gasteiger partial charge in [-0.25, -0.2) is 0 Å². The molecule has 1 aliphatic heterocycles. The van der Waals surface area contributed by atoms with Gasteiger partial charge in [-0.3, -0.25) is 4.79 Å². The number of rotatable bonds is 2. The van der Waals surface area contributed by atoms with Crippen LogP contribution in [0.15, 0.2) is 0 Å². The average Bonchev–Trinajstić information content (AvgIpc) is 2.05. The quantitative estimate of drug-likeness (QED) is 0.639. The fraction of sp³-hybridized carbons (Fsp3) is 0.889. The largest absolute Gasteiger partial charge is 0.355 e. The third-order valence-electron chi connectivity index (χ3n) is 2.28. The zero-order valence-corrected chi connectivity index (χ0v) is 7.89. The topological polar surface area (TPSA) is 41.1 Å². The van der Waals surface area contributed by atoms with E-state index >= 15 is 0 Å². The van der Waals surface area contributed by atoms with Crippen LogP contribution in [0.25, 0.3) is 0 Å². The fourth-order valence-corrected chi connectivity index (χ4v) is 1.64. The maximum absolute atomic E-state index is 11.4. The van der Waals surface area contributed by atoms with Gasteiger partial charge in [0.15, 0.2) is 0 Å². The van der Waals surface area contributed by atoms with Gasteiger partial charge in [0.2, 0.25) is 5.91 Å². The number of carbonyl (C=O) groups is 1. The van der Waals surface area contributed by atoms with E-state index < -0.39 is 0 Å². The third-order valence-corrected chi connectivity index (χ3v) is 2.28. The van der Waals surface area contributed by atoms with E-state index in [0.29, 0.717) is 6.04 Å². The average molecular weight is 170 g/mol. The van der Waals surface area contributed by atoms with E-state index in [4.69, 9.17) is 0 Å². The summed E-state index contributed by atoms with van der Waals surface area (Å²) in [5.74, 6) is 0.157. The maximum atomic E-state index is 11.4. The second-order valence-electron chi connectivity index (χ2n) is 3.45. The summed E-state index contributed by atoms with van der Waals surface area (Å²) in [6.45, 7) is 4.81. The van der Waals surface area contributed by atoms with Crippen LogP contribution in [0.5, 0.6) is 0 Å². The first-order valence-electron chi connectivity index (χ1n) is 4.77. The van der Waals surface area contributed by atoms with Crippen molar-refractivity contribution in [1.29, 1.82) is 0 Å². The molecule has 0 aromatic rings. The Bertz CT molecular complexity index is 159. The first kappa shape index (κ1) is 9.52. The van der Waals surface area contributed by atoms with Crippen molar-refractivity contribution in [2.45, 2.75) is 45.2 Å². The van der Waals surface area contributed by atoms with Gasteiger partial charge in [0.25, 0.3) is 0 Å². The van der Waals surface area contributed by atoms with Gasteiger partial charge in [-0.05, 0) is 33.1 Å². The molecular formula is C9H18N2O. The SMILES string of the molecule is CCNC(=O)[C@@H]1CCC[C@H](C)N1. The van der Waals surface area contributed by atoms with E-state index in [2.05, 4.69) is 17.6 Å². The van der Waals surface area contributed by atoms with Crippen LogP contribution < -0.4 is 10.6 Å². The minimum absolute atomic E-state index is 0.0497. The number of nitrogens with one attached hydrogen (secondary N) is 2. The van der Waals surface area contributed by atoms with Crippen LogP contribution in [0.3, 0.4) is 0 Å². The molecule has 0 unspecified atom stereocenters. The van der Waals surface area contributed by atoms with Crippen LogP contribution >= 0.6 is 0 Å². The molecule has 1 saturated heterocycles. The Morgan fingerprint density at radius 1 is 1.58 bits per heavy atom. The van der Waals surface area contributed by atoms with E-state index in [1.54, 1.807) is 0 Å². The van der Waals surface area contributed by atoms with Crippen molar-refractivity contribution < 1.29 is 4.79 Å². The third kappa shape index (κ3) is 2.48. The Morgan fingerprint density at radius 3 is 2.92 bits per heavy atom. The summed E-state index contributed by atoms with van der Waals surface area (Å²) in [7, 11) is 0. The highest BCUT2D eigenvalue weighted by atomic mass is 16.2. The van der Waals surface area contributed by atoms with Crippen molar-refractivity contribution >= 4 is 5.91 Å². The van der Waals surface area contributed by atoms with E-state index in [-0.39, 0.29) is 11.9 Å². The van der Waals surface area contributed by atoms with Crippen molar-refractivity contribution in [3.05, 3.63) is 0 Å². The molecule has 1 aliphatic rings. The van der Waals surface area contributed by atoms with Gasteiger partial charge in [-0.15, -0.1) is 0 Å². The normalized spacial score (nSPS) is 29.8. The summed E-state index contributed by atoms with van der Waals surface area (Å²) in [5, 5.41) is 6.12. The lowest BCUT2D eigenvalue weighted by Crippen LogP contribution is -2.49. The summed E-state index contributed by atoms with van der Waals surface area (Å²) in [5.41, 5.74) is 0. The summed E-state index contributed by atoms with van der Waals surface area (Å²) in [6.07, 6.45) is 3.34. The lowest BCUT2D eigenvalue weighted by atomic mass is 9.99. The number of piperidine rings is 1. The molecule has 70 valence electrons. The van der Waals surface area contributed by atoms with Crippen LogP contribution in [-0.2, 0) is 4.79 Å². The smallest absolute Gasteiger partial charge is 0.237 e. The molecule has 3 heteroatoms. The van der Waals surface area contributed by atoms with Gasteiger partial charge < -0.3 is 10.6 Å². The molecule has 3 nitrogen and oxygen atoms in total. The molecule has 0 aromatic heterocycles. The molecule has 1 fully saturated rings.